The molecular formula is C19H20ClNO3. The van der Waals surface area contributed by atoms with Crippen molar-refractivity contribution in [2.45, 2.75) is 13.8 Å². The molecule has 0 saturated heterocycles. The Bertz CT molecular complexity index is 720. The second kappa shape index (κ2) is 8.41. The molecule has 0 aliphatic rings. The fraction of sp³-hybridized carbons (Fsp3) is 0.211. The molecule has 2 aromatic rings. The van der Waals surface area contributed by atoms with Crippen LogP contribution in [0, 0.1) is 13.8 Å². The van der Waals surface area contributed by atoms with E-state index < -0.39 is 0 Å². The van der Waals surface area contributed by atoms with E-state index in [1.165, 1.54) is 0 Å². The molecule has 0 aliphatic heterocycles. The van der Waals surface area contributed by atoms with Gasteiger partial charge >= 0.3 is 0 Å². The number of hydrogen-bond acceptors (Lipinski definition) is 3. The lowest BCUT2D eigenvalue weighted by Crippen LogP contribution is -2.20. The molecule has 126 valence electrons. The third-order valence-electron chi connectivity index (χ3n) is 3.30. The van der Waals surface area contributed by atoms with Crippen LogP contribution in [0.1, 0.15) is 11.1 Å². The number of nitrogens with one attached hydrogen (secondary N) is 1. The Balaban J connectivity index is 1.98. The number of rotatable bonds is 7. The van der Waals surface area contributed by atoms with Crippen LogP contribution in [0.15, 0.2) is 49.1 Å². The van der Waals surface area contributed by atoms with Crippen LogP contribution in [0.5, 0.6) is 11.5 Å². The van der Waals surface area contributed by atoms with Gasteiger partial charge in [-0.15, -0.1) is 0 Å². The molecule has 0 unspecified atom stereocenters. The summed E-state index contributed by atoms with van der Waals surface area (Å²) in [5, 5.41) is 3.49. The molecule has 2 aromatic carbocycles. The summed E-state index contributed by atoms with van der Waals surface area (Å²) in [6, 6.07) is 10.8. The highest BCUT2D eigenvalue weighted by molar-refractivity contribution is 6.32. The molecule has 0 saturated carbocycles. The van der Waals surface area contributed by atoms with Gasteiger partial charge in [-0.25, -0.2) is 0 Å². The van der Waals surface area contributed by atoms with Crippen molar-refractivity contribution in [1.82, 2.24) is 0 Å². The lowest BCUT2D eigenvalue weighted by Gasteiger charge is -2.12. The highest BCUT2D eigenvalue weighted by Crippen LogP contribution is 2.26. The van der Waals surface area contributed by atoms with Gasteiger partial charge in [0.25, 0.3) is 5.91 Å². The Kier molecular flexibility index (Phi) is 6.27. The van der Waals surface area contributed by atoms with Crippen molar-refractivity contribution in [3.05, 3.63) is 65.2 Å². The van der Waals surface area contributed by atoms with Gasteiger partial charge in [-0.1, -0.05) is 36.4 Å². The van der Waals surface area contributed by atoms with Crippen LogP contribution in [0.2, 0.25) is 5.02 Å². The van der Waals surface area contributed by atoms with E-state index in [4.69, 9.17) is 21.1 Å². The lowest BCUT2D eigenvalue weighted by atomic mass is 10.1. The van der Waals surface area contributed by atoms with Gasteiger partial charge in [0.1, 0.15) is 18.1 Å². The second-order valence-corrected chi connectivity index (χ2v) is 5.68. The summed E-state index contributed by atoms with van der Waals surface area (Å²) in [7, 11) is 0. The van der Waals surface area contributed by atoms with E-state index >= 15 is 0 Å². The number of ether oxygens (including phenoxy) is 2. The van der Waals surface area contributed by atoms with Gasteiger partial charge in [0, 0.05) is 5.02 Å². The van der Waals surface area contributed by atoms with Crippen molar-refractivity contribution in [3.63, 3.8) is 0 Å². The van der Waals surface area contributed by atoms with Gasteiger partial charge in [0.15, 0.2) is 6.61 Å². The minimum absolute atomic E-state index is 0.101. The van der Waals surface area contributed by atoms with Gasteiger partial charge < -0.3 is 14.8 Å². The number of halogens is 1. The van der Waals surface area contributed by atoms with E-state index in [1.807, 2.05) is 38.1 Å². The second-order valence-electron chi connectivity index (χ2n) is 5.30. The first-order valence-corrected chi connectivity index (χ1v) is 7.91. The predicted molar refractivity (Wildman–Crippen MR) is 97.2 cm³/mol. The predicted octanol–water partition coefficient (Wildman–Crippen LogP) is 4.54. The Morgan fingerprint density at radius 2 is 1.88 bits per heavy atom. The number of aryl methyl sites for hydroxylation is 2. The average Bonchev–Trinajstić information content (AvgIpc) is 2.57. The molecule has 0 atom stereocenters. The molecule has 0 aliphatic carbocycles. The third-order valence-corrected chi connectivity index (χ3v) is 3.89. The van der Waals surface area contributed by atoms with Gasteiger partial charge in [0.2, 0.25) is 0 Å². The minimum Gasteiger partial charge on any atom is -0.487 e. The summed E-state index contributed by atoms with van der Waals surface area (Å²) in [6.45, 7) is 7.67. The lowest BCUT2D eigenvalue weighted by molar-refractivity contribution is -0.118. The fourth-order valence-corrected chi connectivity index (χ4v) is 2.28. The van der Waals surface area contributed by atoms with Gasteiger partial charge in [0.05, 0.1) is 5.69 Å². The summed E-state index contributed by atoms with van der Waals surface area (Å²) in [5.41, 5.74) is 2.42. The van der Waals surface area contributed by atoms with Gasteiger partial charge in [-0.3, -0.25) is 4.79 Å². The number of hydrogen-bond donors (Lipinski definition) is 1. The molecule has 4 nitrogen and oxygen atoms in total. The first kappa shape index (κ1) is 17.9. The molecule has 5 heteroatoms. The molecule has 0 heterocycles. The topological polar surface area (TPSA) is 47.6 Å². The van der Waals surface area contributed by atoms with Crippen molar-refractivity contribution in [2.75, 3.05) is 18.5 Å². The monoisotopic (exact) mass is 345 g/mol. The van der Waals surface area contributed by atoms with Crippen LogP contribution in [-0.2, 0) is 4.79 Å². The van der Waals surface area contributed by atoms with Crippen molar-refractivity contribution in [2.24, 2.45) is 0 Å². The summed E-state index contributed by atoms with van der Waals surface area (Å²) < 4.78 is 11.1. The summed E-state index contributed by atoms with van der Waals surface area (Å²) >= 11 is 6.12. The first-order chi connectivity index (χ1) is 11.5. The largest absolute Gasteiger partial charge is 0.487 e. The normalized spacial score (nSPS) is 10.1. The quantitative estimate of drug-likeness (QED) is 0.749. The third kappa shape index (κ3) is 4.77. The molecule has 0 spiro atoms. The zero-order chi connectivity index (χ0) is 17.5. The van der Waals surface area contributed by atoms with Gasteiger partial charge in [-0.05, 0) is 49.2 Å². The highest BCUT2D eigenvalue weighted by atomic mass is 35.5. The summed E-state index contributed by atoms with van der Waals surface area (Å²) in [5.74, 6) is 0.930. The number of carbonyl (C=O) groups excluding carboxylic acids is 1. The molecule has 0 bridgehead atoms. The van der Waals surface area contributed by atoms with E-state index in [0.717, 1.165) is 11.1 Å². The van der Waals surface area contributed by atoms with Crippen LogP contribution in [-0.4, -0.2) is 19.1 Å². The summed E-state index contributed by atoms with van der Waals surface area (Å²) in [4.78, 5) is 12.1. The molecule has 1 N–H and O–H groups in total. The molecule has 1 amide bonds. The number of para-hydroxylation sites is 2. The van der Waals surface area contributed by atoms with Crippen LogP contribution >= 0.6 is 11.6 Å². The Morgan fingerprint density at radius 1 is 1.21 bits per heavy atom. The number of anilines is 1. The molecule has 0 aromatic heterocycles. The van der Waals surface area contributed by atoms with Crippen LogP contribution < -0.4 is 14.8 Å². The number of carbonyl (C=O) groups is 1. The molecule has 24 heavy (non-hydrogen) atoms. The molecule has 2 rings (SSSR count). The van der Waals surface area contributed by atoms with E-state index in [1.54, 1.807) is 18.2 Å². The molecular weight excluding hydrogens is 326 g/mol. The first-order valence-electron chi connectivity index (χ1n) is 7.53. The summed E-state index contributed by atoms with van der Waals surface area (Å²) in [6.07, 6.45) is 1.65. The van der Waals surface area contributed by atoms with Crippen LogP contribution in [0.3, 0.4) is 0 Å². The fourth-order valence-electron chi connectivity index (χ4n) is 2.17. The molecule has 0 radical (unpaired) electrons. The smallest absolute Gasteiger partial charge is 0.262 e. The maximum Gasteiger partial charge on any atom is 0.262 e. The Labute approximate surface area is 147 Å². The Hall–Kier alpha value is -2.46. The number of benzene rings is 2. The van der Waals surface area contributed by atoms with Crippen molar-refractivity contribution in [1.29, 1.82) is 0 Å². The van der Waals surface area contributed by atoms with E-state index in [-0.39, 0.29) is 12.5 Å². The zero-order valence-corrected chi connectivity index (χ0v) is 14.5. The highest BCUT2D eigenvalue weighted by Gasteiger charge is 2.09. The maximum atomic E-state index is 12.1. The van der Waals surface area contributed by atoms with E-state index in [9.17, 15) is 4.79 Å². The van der Waals surface area contributed by atoms with Crippen LogP contribution in [0.25, 0.3) is 0 Å². The average molecular weight is 346 g/mol. The van der Waals surface area contributed by atoms with Crippen molar-refractivity contribution in [3.8, 4) is 11.5 Å². The van der Waals surface area contributed by atoms with Crippen molar-refractivity contribution >= 4 is 23.2 Å². The molecule has 0 fully saturated rings. The van der Waals surface area contributed by atoms with E-state index in [0.29, 0.717) is 28.8 Å². The van der Waals surface area contributed by atoms with Crippen LogP contribution in [0.4, 0.5) is 5.69 Å². The number of amides is 1. The van der Waals surface area contributed by atoms with Crippen molar-refractivity contribution < 1.29 is 14.3 Å². The zero-order valence-electron chi connectivity index (χ0n) is 13.8. The standard InChI is InChI=1S/C19H20ClNO3/c1-4-9-23-17-8-6-5-7-16(17)21-18(22)12-24-15-10-13(2)19(20)14(3)11-15/h4-8,10-11H,1,9,12H2,2-3H3,(H,21,22). The SMILES string of the molecule is C=CCOc1ccccc1NC(=O)COc1cc(C)c(Cl)c(C)c1. The van der Waals surface area contributed by atoms with Gasteiger partial charge in [-0.2, -0.15) is 0 Å². The van der Waals surface area contributed by atoms with E-state index in [2.05, 4.69) is 11.9 Å². The maximum absolute atomic E-state index is 12.1. The minimum atomic E-state index is -0.269. The Morgan fingerprint density at radius 3 is 2.54 bits per heavy atom.